The maximum atomic E-state index is 10.4. The predicted octanol–water partition coefficient (Wildman–Crippen LogP) is 1.72. The van der Waals surface area contributed by atoms with E-state index in [0.717, 1.165) is 6.54 Å². The molecule has 4 nitrogen and oxygen atoms in total. The lowest BCUT2D eigenvalue weighted by atomic mass is 10.1. The third-order valence-electron chi connectivity index (χ3n) is 2.53. The molecule has 0 saturated heterocycles. The molecule has 0 radical (unpaired) electrons. The Balaban J connectivity index is 4.04. The van der Waals surface area contributed by atoms with Crippen molar-refractivity contribution in [3.05, 3.63) is 0 Å². The average Bonchev–Trinajstić information content (AvgIpc) is 2.21. The molecule has 0 aliphatic rings. The van der Waals surface area contributed by atoms with Gasteiger partial charge in [-0.25, -0.2) is 0 Å². The third kappa shape index (κ3) is 6.08. The van der Waals surface area contributed by atoms with Crippen molar-refractivity contribution < 1.29 is 9.90 Å². The van der Waals surface area contributed by atoms with Crippen molar-refractivity contribution in [2.45, 2.75) is 39.7 Å². The molecule has 0 aliphatic heterocycles. The first-order valence-corrected chi connectivity index (χ1v) is 5.36. The number of aliphatic carboxylic acids is 1. The van der Waals surface area contributed by atoms with Gasteiger partial charge in [0.1, 0.15) is 0 Å². The van der Waals surface area contributed by atoms with E-state index in [9.17, 15) is 4.79 Å². The van der Waals surface area contributed by atoms with Crippen molar-refractivity contribution in [2.75, 3.05) is 13.1 Å². The van der Waals surface area contributed by atoms with Gasteiger partial charge in [0.2, 0.25) is 0 Å². The fourth-order valence-corrected chi connectivity index (χ4v) is 1.53. The van der Waals surface area contributed by atoms with Gasteiger partial charge in [0.15, 0.2) is 0 Å². The van der Waals surface area contributed by atoms with Gasteiger partial charge < -0.3 is 5.11 Å². The molecule has 0 heterocycles. The molecule has 0 aliphatic carbocycles. The first-order chi connectivity index (χ1) is 7.01. The molecule has 4 heteroatoms. The Morgan fingerprint density at radius 3 is 2.53 bits per heavy atom. The maximum Gasteiger partial charge on any atom is 0.303 e. The van der Waals surface area contributed by atoms with Gasteiger partial charge in [0.05, 0.1) is 12.0 Å². The summed E-state index contributed by atoms with van der Waals surface area (Å²) in [6.45, 7) is 7.49. The summed E-state index contributed by atoms with van der Waals surface area (Å²) in [4.78, 5) is 12.6. The summed E-state index contributed by atoms with van der Waals surface area (Å²) in [7, 11) is 0. The number of hydrogen-bond donors (Lipinski definition) is 1. The Morgan fingerprint density at radius 2 is 2.13 bits per heavy atom. The predicted molar refractivity (Wildman–Crippen MR) is 58.4 cm³/mol. The average molecular weight is 212 g/mol. The molecule has 0 aromatic rings. The second-order valence-electron chi connectivity index (χ2n) is 3.90. The largest absolute Gasteiger partial charge is 0.481 e. The Labute approximate surface area is 91.5 Å². The van der Waals surface area contributed by atoms with E-state index in [4.69, 9.17) is 10.4 Å². The van der Waals surface area contributed by atoms with Crippen molar-refractivity contribution in [2.24, 2.45) is 5.92 Å². The molecule has 15 heavy (non-hydrogen) atoms. The van der Waals surface area contributed by atoms with Crippen molar-refractivity contribution in [3.8, 4) is 6.07 Å². The van der Waals surface area contributed by atoms with Gasteiger partial charge >= 0.3 is 5.97 Å². The van der Waals surface area contributed by atoms with Crippen LogP contribution in [0.3, 0.4) is 0 Å². The van der Waals surface area contributed by atoms with Crippen LogP contribution in [0.25, 0.3) is 0 Å². The molecule has 0 fully saturated rings. The van der Waals surface area contributed by atoms with Crippen LogP contribution in [0.1, 0.15) is 33.6 Å². The maximum absolute atomic E-state index is 10.4. The zero-order chi connectivity index (χ0) is 11.8. The Kier molecular flexibility index (Phi) is 6.72. The summed E-state index contributed by atoms with van der Waals surface area (Å²) >= 11 is 0. The quantitative estimate of drug-likeness (QED) is 0.698. The number of rotatable bonds is 7. The number of nitriles is 1. The highest BCUT2D eigenvalue weighted by atomic mass is 16.4. The summed E-state index contributed by atoms with van der Waals surface area (Å²) in [5.41, 5.74) is 0. The second kappa shape index (κ2) is 7.24. The van der Waals surface area contributed by atoms with Crippen LogP contribution in [0.5, 0.6) is 0 Å². The lowest BCUT2D eigenvalue weighted by Gasteiger charge is -2.28. The molecular formula is C11H20N2O2. The molecular weight excluding hydrogens is 192 g/mol. The fraction of sp³-hybridized carbons (Fsp3) is 0.818. The first-order valence-electron chi connectivity index (χ1n) is 5.36. The number of carboxylic acids is 1. The van der Waals surface area contributed by atoms with Gasteiger partial charge in [-0.3, -0.25) is 9.69 Å². The minimum Gasteiger partial charge on any atom is -0.481 e. The highest BCUT2D eigenvalue weighted by Gasteiger charge is 2.15. The standard InChI is InChI=1S/C11H20N2O2/c1-4-13(8-9(2)7-12)10(3)5-6-11(14)15/h9-10H,4-6,8H2,1-3H3,(H,14,15). The topological polar surface area (TPSA) is 64.3 Å². The Hall–Kier alpha value is -1.08. The van der Waals surface area contributed by atoms with Crippen LogP contribution in [0.2, 0.25) is 0 Å². The smallest absolute Gasteiger partial charge is 0.303 e. The molecule has 0 spiro atoms. The van der Waals surface area contributed by atoms with E-state index in [1.807, 2.05) is 20.8 Å². The van der Waals surface area contributed by atoms with Gasteiger partial charge in [0, 0.05) is 19.0 Å². The van der Waals surface area contributed by atoms with Crippen LogP contribution >= 0.6 is 0 Å². The zero-order valence-electron chi connectivity index (χ0n) is 9.73. The number of carbonyl (C=O) groups is 1. The Morgan fingerprint density at radius 1 is 1.53 bits per heavy atom. The van der Waals surface area contributed by atoms with Crippen molar-refractivity contribution in [1.82, 2.24) is 4.90 Å². The summed E-state index contributed by atoms with van der Waals surface area (Å²) in [6.07, 6.45) is 0.833. The second-order valence-corrected chi connectivity index (χ2v) is 3.90. The lowest BCUT2D eigenvalue weighted by Crippen LogP contribution is -2.36. The molecule has 2 unspecified atom stereocenters. The van der Waals surface area contributed by atoms with Crippen LogP contribution < -0.4 is 0 Å². The van der Waals surface area contributed by atoms with E-state index >= 15 is 0 Å². The number of hydrogen-bond acceptors (Lipinski definition) is 3. The summed E-state index contributed by atoms with van der Waals surface area (Å²) in [6, 6.07) is 2.42. The molecule has 0 bridgehead atoms. The van der Waals surface area contributed by atoms with Crippen LogP contribution in [0.4, 0.5) is 0 Å². The van der Waals surface area contributed by atoms with Gasteiger partial charge in [0.25, 0.3) is 0 Å². The van der Waals surface area contributed by atoms with Crippen molar-refractivity contribution >= 4 is 5.97 Å². The first kappa shape index (κ1) is 13.9. The van der Waals surface area contributed by atoms with E-state index in [0.29, 0.717) is 13.0 Å². The van der Waals surface area contributed by atoms with Gasteiger partial charge in [-0.15, -0.1) is 0 Å². The number of nitrogens with zero attached hydrogens (tertiary/aromatic N) is 2. The number of carboxylic acid groups (broad SMARTS) is 1. The molecule has 1 N–H and O–H groups in total. The zero-order valence-corrected chi connectivity index (χ0v) is 9.73. The Bertz CT molecular complexity index is 235. The van der Waals surface area contributed by atoms with Crippen LogP contribution in [-0.4, -0.2) is 35.1 Å². The van der Waals surface area contributed by atoms with Gasteiger partial charge in [-0.05, 0) is 26.8 Å². The van der Waals surface area contributed by atoms with Crippen molar-refractivity contribution in [1.29, 1.82) is 5.26 Å². The van der Waals surface area contributed by atoms with E-state index in [2.05, 4.69) is 11.0 Å². The third-order valence-corrected chi connectivity index (χ3v) is 2.53. The monoisotopic (exact) mass is 212 g/mol. The molecule has 86 valence electrons. The van der Waals surface area contributed by atoms with E-state index in [-0.39, 0.29) is 18.4 Å². The highest BCUT2D eigenvalue weighted by molar-refractivity contribution is 5.66. The van der Waals surface area contributed by atoms with Crippen molar-refractivity contribution in [3.63, 3.8) is 0 Å². The summed E-state index contributed by atoms with van der Waals surface area (Å²) < 4.78 is 0. The molecule has 0 aromatic carbocycles. The molecule has 0 aromatic heterocycles. The summed E-state index contributed by atoms with van der Waals surface area (Å²) in [5, 5.41) is 17.3. The summed E-state index contributed by atoms with van der Waals surface area (Å²) in [5.74, 6) is -0.761. The van der Waals surface area contributed by atoms with E-state index in [1.165, 1.54) is 0 Å². The highest BCUT2D eigenvalue weighted by Crippen LogP contribution is 2.09. The van der Waals surface area contributed by atoms with Crippen LogP contribution in [-0.2, 0) is 4.79 Å². The molecule has 0 rings (SSSR count). The molecule has 2 atom stereocenters. The van der Waals surface area contributed by atoms with Gasteiger partial charge in [-0.1, -0.05) is 6.92 Å². The van der Waals surface area contributed by atoms with Gasteiger partial charge in [-0.2, -0.15) is 5.26 Å². The normalized spacial score (nSPS) is 14.6. The minimum atomic E-state index is -0.758. The molecule has 0 saturated carbocycles. The SMILES string of the molecule is CCN(CC(C)C#N)C(C)CCC(=O)O. The van der Waals surface area contributed by atoms with Crippen LogP contribution in [0.15, 0.2) is 0 Å². The molecule has 0 amide bonds. The van der Waals surface area contributed by atoms with E-state index in [1.54, 1.807) is 0 Å². The van der Waals surface area contributed by atoms with E-state index < -0.39 is 5.97 Å². The van der Waals surface area contributed by atoms with Crippen LogP contribution in [0, 0.1) is 17.2 Å². The minimum absolute atomic E-state index is 0.00257. The lowest BCUT2D eigenvalue weighted by molar-refractivity contribution is -0.137. The fourth-order valence-electron chi connectivity index (χ4n) is 1.53.